The van der Waals surface area contributed by atoms with Gasteiger partial charge in [0.2, 0.25) is 0 Å². The number of carbonyl (C=O) groups excluding carboxylic acids is 2. The third-order valence-electron chi connectivity index (χ3n) is 18.2. The van der Waals surface area contributed by atoms with Crippen LogP contribution in [-0.4, -0.2) is 74.9 Å². The number of hydrogen-bond acceptors (Lipinski definition) is 7. The molecule has 0 heterocycles. The average molecular weight is 1460 g/mol. The number of ether oxygens (including phenoxy) is 2. The Labute approximate surface area is 642 Å². The van der Waals surface area contributed by atoms with Gasteiger partial charge in [0.25, 0.3) is 0 Å². The van der Waals surface area contributed by atoms with E-state index in [1.165, 1.54) is 199 Å². The van der Waals surface area contributed by atoms with Crippen molar-refractivity contribution in [3.63, 3.8) is 0 Å². The van der Waals surface area contributed by atoms with Crippen LogP contribution < -0.4 is 0 Å². The summed E-state index contributed by atoms with van der Waals surface area (Å²) in [4.78, 5) is 36.0. The van der Waals surface area contributed by atoms with Gasteiger partial charge in [0, 0.05) is 12.8 Å². The van der Waals surface area contributed by atoms with Gasteiger partial charge in [-0.1, -0.05) is 383 Å². The molecule has 0 aliphatic rings. The minimum Gasteiger partial charge on any atom is -0.462 e. The number of esters is 2. The maximum Gasteiger partial charge on any atom is 0.472 e. The highest BCUT2D eigenvalue weighted by atomic mass is 31.2. The van der Waals surface area contributed by atoms with E-state index in [0.29, 0.717) is 17.4 Å². The van der Waals surface area contributed by atoms with Gasteiger partial charge in [0.05, 0.1) is 27.7 Å². The Morgan fingerprint density at radius 1 is 0.308 bits per heavy atom. The van der Waals surface area contributed by atoms with E-state index in [-0.39, 0.29) is 32.0 Å². The fourth-order valence-electron chi connectivity index (χ4n) is 11.7. The fraction of sp³-hybridized carbons (Fsp3) is 0.681. The number of phosphoric acid groups is 1. The van der Waals surface area contributed by atoms with Crippen molar-refractivity contribution in [3.05, 3.63) is 170 Å². The summed E-state index contributed by atoms with van der Waals surface area (Å²) in [6.07, 6.45) is 125. The summed E-state index contributed by atoms with van der Waals surface area (Å²) in [5.74, 6) is -0.807. The van der Waals surface area contributed by atoms with E-state index in [9.17, 15) is 19.0 Å². The Morgan fingerprint density at radius 2 is 0.548 bits per heavy atom. The molecule has 0 fully saturated rings. The quantitative estimate of drug-likeness (QED) is 0.0211. The van der Waals surface area contributed by atoms with Crippen LogP contribution in [0.4, 0.5) is 0 Å². The molecule has 2 atom stereocenters. The van der Waals surface area contributed by atoms with Crippen molar-refractivity contribution < 1.29 is 42.1 Å². The van der Waals surface area contributed by atoms with Crippen molar-refractivity contribution >= 4 is 19.8 Å². The van der Waals surface area contributed by atoms with Gasteiger partial charge in [-0.2, -0.15) is 0 Å². The van der Waals surface area contributed by atoms with Crippen molar-refractivity contribution in [2.24, 2.45) is 0 Å². The standard InChI is InChI=1S/C94H160NO8P/c1-6-8-10-12-14-16-18-20-22-24-26-28-30-32-34-36-38-40-42-44-46-47-49-51-53-55-57-59-61-63-65-67-69-71-73-75-77-79-81-83-85-87-94(97)103-92(91-102-104(98,99)101-89-88-95(3,4)5)90-100-93(96)86-84-82-80-78-76-74-72-70-68-66-64-62-60-58-56-54-52-50-48-45-43-41-39-37-35-33-31-29-27-25-23-21-19-17-15-13-11-9-7-2/h8,10,14,16,19-22,25-28,31-34,38,40,44,46,49,51,55,57,61,63,67,69,92H,6-7,9,11-13,15,17-18,23-24,29-30,35-37,39,41-43,45,47-48,50,52-54,56,58-60,62,64-66,68,70-91H2,1-5H3/p+1/b10-8-,16-14-,21-19-,22-20-,27-25-,28-26-,33-31-,34-32-,40-38-,46-44-,51-49-,57-55-,63-61-,69-67-. The van der Waals surface area contributed by atoms with Crippen molar-refractivity contribution in [1.29, 1.82) is 0 Å². The summed E-state index contributed by atoms with van der Waals surface area (Å²) in [6, 6.07) is 0. The zero-order chi connectivity index (χ0) is 75.4. The Kier molecular flexibility index (Phi) is 78.8. The van der Waals surface area contributed by atoms with E-state index >= 15 is 0 Å². The van der Waals surface area contributed by atoms with Gasteiger partial charge in [-0.15, -0.1) is 0 Å². The number of nitrogens with zero attached hydrogens (tertiary/aromatic N) is 1. The SMILES string of the molecule is CC/C=C\C/C=C\C/C=C\C/C=C\C/C=C\C/C=C\C/C=C\C/C=C\C/C=C\C/C=C\C/C=C\CCCCCCCCCC(=O)OC(COC(=O)CCCCCCCCCCCCCCCCCCCCCCCCCC/C=C\C/C=C\C/C=C\CCCCCCC)COP(=O)(O)OCC[N+](C)(C)C. The highest BCUT2D eigenvalue weighted by molar-refractivity contribution is 7.47. The van der Waals surface area contributed by atoms with Crippen LogP contribution in [0.15, 0.2) is 170 Å². The highest BCUT2D eigenvalue weighted by Crippen LogP contribution is 2.43. The lowest BCUT2D eigenvalue weighted by Gasteiger charge is -2.24. The zero-order valence-corrected chi connectivity index (χ0v) is 68.8. The van der Waals surface area contributed by atoms with Gasteiger partial charge in [-0.3, -0.25) is 18.6 Å². The van der Waals surface area contributed by atoms with E-state index < -0.39 is 26.5 Å². The number of phosphoric ester groups is 1. The molecule has 594 valence electrons. The lowest BCUT2D eigenvalue weighted by Crippen LogP contribution is -2.37. The van der Waals surface area contributed by atoms with Gasteiger partial charge in [-0.05, 0) is 135 Å². The number of rotatable bonds is 78. The lowest BCUT2D eigenvalue weighted by molar-refractivity contribution is -0.870. The van der Waals surface area contributed by atoms with Crippen LogP contribution in [-0.2, 0) is 32.7 Å². The molecule has 0 aromatic heterocycles. The maximum atomic E-state index is 12.9. The number of hydrogen-bond donors (Lipinski definition) is 1. The minimum absolute atomic E-state index is 0.0232. The number of unbranched alkanes of at least 4 members (excludes halogenated alkanes) is 36. The smallest absolute Gasteiger partial charge is 0.462 e. The molecule has 2 unspecified atom stereocenters. The van der Waals surface area contributed by atoms with Gasteiger partial charge >= 0.3 is 19.8 Å². The number of quaternary nitrogens is 1. The molecule has 0 bridgehead atoms. The largest absolute Gasteiger partial charge is 0.472 e. The first-order chi connectivity index (χ1) is 51.0. The lowest BCUT2D eigenvalue weighted by atomic mass is 10.0. The molecular weight excluding hydrogens is 1300 g/mol. The van der Waals surface area contributed by atoms with Crippen LogP contribution in [0, 0.1) is 0 Å². The predicted molar refractivity (Wildman–Crippen MR) is 454 cm³/mol. The molecule has 104 heavy (non-hydrogen) atoms. The molecular formula is C94H161NO8P+. The van der Waals surface area contributed by atoms with Gasteiger partial charge in [0.1, 0.15) is 19.8 Å². The first kappa shape index (κ1) is 99.4. The van der Waals surface area contributed by atoms with Crippen LogP contribution in [0.25, 0.3) is 0 Å². The Balaban J connectivity index is 4.01. The fourth-order valence-corrected chi connectivity index (χ4v) is 12.5. The molecule has 0 radical (unpaired) electrons. The molecule has 0 aromatic carbocycles. The summed E-state index contributed by atoms with van der Waals surface area (Å²) in [6.45, 7) is 4.31. The molecule has 10 heteroatoms. The van der Waals surface area contributed by atoms with E-state index in [4.69, 9.17) is 18.5 Å². The molecule has 9 nitrogen and oxygen atoms in total. The van der Waals surface area contributed by atoms with Crippen LogP contribution in [0.2, 0.25) is 0 Å². The van der Waals surface area contributed by atoms with Crippen molar-refractivity contribution in [1.82, 2.24) is 0 Å². The number of carbonyl (C=O) groups is 2. The summed E-state index contributed by atoms with van der Waals surface area (Å²) >= 11 is 0. The molecule has 0 aliphatic carbocycles. The van der Waals surface area contributed by atoms with Crippen molar-refractivity contribution in [2.45, 2.75) is 367 Å². The van der Waals surface area contributed by atoms with Gasteiger partial charge in [0.15, 0.2) is 6.10 Å². The van der Waals surface area contributed by atoms with Crippen LogP contribution in [0.3, 0.4) is 0 Å². The van der Waals surface area contributed by atoms with E-state index in [2.05, 4.69) is 184 Å². The van der Waals surface area contributed by atoms with Crippen molar-refractivity contribution in [2.75, 3.05) is 47.5 Å². The second-order valence-electron chi connectivity index (χ2n) is 29.5. The van der Waals surface area contributed by atoms with E-state index in [0.717, 1.165) is 128 Å². The Hall–Kier alpha value is -4.63. The second-order valence-corrected chi connectivity index (χ2v) is 30.9. The Bertz CT molecular complexity index is 2370. The molecule has 0 aliphatic heterocycles. The monoisotopic (exact) mass is 1460 g/mol. The molecule has 0 aromatic rings. The molecule has 0 saturated heterocycles. The summed E-state index contributed by atoms with van der Waals surface area (Å²) < 4.78 is 34.8. The molecule has 0 amide bonds. The topological polar surface area (TPSA) is 108 Å². The number of allylic oxidation sites excluding steroid dienone is 28. The van der Waals surface area contributed by atoms with Gasteiger partial charge < -0.3 is 18.9 Å². The average Bonchev–Trinajstić information content (AvgIpc) is 0.920. The van der Waals surface area contributed by atoms with Crippen LogP contribution in [0.1, 0.15) is 361 Å². The Morgan fingerprint density at radius 3 is 0.817 bits per heavy atom. The summed E-state index contributed by atoms with van der Waals surface area (Å²) in [5, 5.41) is 0. The highest BCUT2D eigenvalue weighted by Gasteiger charge is 2.27. The third-order valence-corrected chi connectivity index (χ3v) is 19.2. The first-order valence-corrected chi connectivity index (χ1v) is 44.4. The molecule has 0 saturated carbocycles. The normalized spacial score (nSPS) is 13.9. The minimum atomic E-state index is -4.41. The maximum absolute atomic E-state index is 12.9. The summed E-state index contributed by atoms with van der Waals surface area (Å²) in [5.41, 5.74) is 0. The van der Waals surface area contributed by atoms with E-state index in [1.54, 1.807) is 0 Å². The third kappa shape index (κ3) is 86.3. The molecule has 0 spiro atoms. The van der Waals surface area contributed by atoms with Crippen LogP contribution >= 0.6 is 7.82 Å². The zero-order valence-electron chi connectivity index (χ0n) is 68.0. The van der Waals surface area contributed by atoms with Crippen LogP contribution in [0.5, 0.6) is 0 Å². The second kappa shape index (κ2) is 82.4. The summed E-state index contributed by atoms with van der Waals surface area (Å²) in [7, 11) is 1.46. The number of likely N-dealkylation sites (N-methyl/N-ethyl adjacent to an activating group) is 1. The van der Waals surface area contributed by atoms with E-state index in [1.807, 2.05) is 21.1 Å². The predicted octanol–water partition coefficient (Wildman–Crippen LogP) is 29.2. The van der Waals surface area contributed by atoms with Crippen molar-refractivity contribution in [3.8, 4) is 0 Å². The first-order valence-electron chi connectivity index (χ1n) is 42.9. The molecule has 0 rings (SSSR count). The van der Waals surface area contributed by atoms with Gasteiger partial charge in [-0.25, -0.2) is 4.57 Å². The molecule has 1 N–H and O–H groups in total.